The molecule has 0 fully saturated rings. The Morgan fingerprint density at radius 1 is 0.913 bits per heavy atom. The van der Waals surface area contributed by atoms with Crippen LogP contribution in [0.3, 0.4) is 0 Å². The lowest BCUT2D eigenvalue weighted by molar-refractivity contribution is -0.384. The van der Waals surface area contributed by atoms with E-state index in [0.29, 0.717) is 18.8 Å². The zero-order valence-electron chi connectivity index (χ0n) is 12.5. The standard InChI is InChI=1S/C17H16N4O2/c22-21(23)16-8-4-3-7-15(16)18-11-12-19-17-10-9-13-5-1-2-6-14(13)20-17/h1-10,18H,11-12H2,(H,19,20)/p+1. The second-order valence-electron chi connectivity index (χ2n) is 5.09. The Hall–Kier alpha value is -3.15. The van der Waals surface area contributed by atoms with Crippen molar-refractivity contribution in [3.8, 4) is 0 Å². The predicted octanol–water partition coefficient (Wildman–Crippen LogP) is 3.09. The van der Waals surface area contributed by atoms with Crippen molar-refractivity contribution < 1.29 is 9.91 Å². The first-order chi connectivity index (χ1) is 11.2. The van der Waals surface area contributed by atoms with Gasteiger partial charge in [-0.25, -0.2) is 4.98 Å². The molecule has 0 aliphatic heterocycles. The van der Waals surface area contributed by atoms with E-state index in [1.54, 1.807) is 18.2 Å². The molecular formula is C17H17N4O2+. The number of nitro benzene ring substituents is 1. The molecule has 0 aliphatic rings. The Labute approximate surface area is 133 Å². The van der Waals surface area contributed by atoms with E-state index in [2.05, 4.69) is 15.6 Å². The number of hydrogen-bond acceptors (Lipinski definition) is 4. The molecule has 6 nitrogen and oxygen atoms in total. The molecule has 0 saturated heterocycles. The molecule has 1 aromatic heterocycles. The lowest BCUT2D eigenvalue weighted by atomic mass is 10.2. The van der Waals surface area contributed by atoms with Crippen LogP contribution in [0.15, 0.2) is 60.7 Å². The fraction of sp³-hybridized carbons (Fsp3) is 0.118. The first kappa shape index (κ1) is 14.8. The van der Waals surface area contributed by atoms with Crippen molar-refractivity contribution in [2.75, 3.05) is 23.7 Å². The highest BCUT2D eigenvalue weighted by molar-refractivity contribution is 5.75. The summed E-state index contributed by atoms with van der Waals surface area (Å²) in [5.74, 6) is 0.910. The smallest absolute Gasteiger partial charge is 0.292 e. The van der Waals surface area contributed by atoms with Crippen LogP contribution in [0.2, 0.25) is 0 Å². The van der Waals surface area contributed by atoms with E-state index in [-0.39, 0.29) is 10.6 Å². The van der Waals surface area contributed by atoms with Crippen LogP contribution in [0, 0.1) is 10.1 Å². The minimum atomic E-state index is -0.382. The SMILES string of the molecule is O=[N+]([O-])c1ccccc1NCCNc1ccc2ccccc2[nH+]1. The van der Waals surface area contributed by atoms with Gasteiger partial charge in [-0.3, -0.25) is 15.4 Å². The Morgan fingerprint density at radius 2 is 1.65 bits per heavy atom. The summed E-state index contributed by atoms with van der Waals surface area (Å²) >= 11 is 0. The molecule has 0 spiro atoms. The van der Waals surface area contributed by atoms with Crippen molar-refractivity contribution in [1.29, 1.82) is 0 Å². The predicted molar refractivity (Wildman–Crippen MR) is 90.6 cm³/mol. The van der Waals surface area contributed by atoms with E-state index < -0.39 is 0 Å². The molecule has 116 valence electrons. The highest BCUT2D eigenvalue weighted by atomic mass is 16.6. The Kier molecular flexibility index (Phi) is 4.33. The lowest BCUT2D eigenvalue weighted by Crippen LogP contribution is -2.19. The van der Waals surface area contributed by atoms with Gasteiger partial charge < -0.3 is 5.32 Å². The molecule has 6 heteroatoms. The highest BCUT2D eigenvalue weighted by Gasteiger charge is 2.11. The van der Waals surface area contributed by atoms with Crippen LogP contribution in [0.25, 0.3) is 10.9 Å². The van der Waals surface area contributed by atoms with Crippen LogP contribution in [-0.2, 0) is 0 Å². The second kappa shape index (κ2) is 6.74. The summed E-state index contributed by atoms with van der Waals surface area (Å²) in [6.45, 7) is 1.21. The number of aromatic nitrogens is 1. The summed E-state index contributed by atoms with van der Waals surface area (Å²) < 4.78 is 0. The Balaban J connectivity index is 1.58. The second-order valence-corrected chi connectivity index (χ2v) is 5.09. The average molecular weight is 309 g/mol. The van der Waals surface area contributed by atoms with Crippen molar-refractivity contribution in [1.82, 2.24) is 0 Å². The van der Waals surface area contributed by atoms with E-state index in [4.69, 9.17) is 0 Å². The van der Waals surface area contributed by atoms with Gasteiger partial charge in [-0.15, -0.1) is 0 Å². The van der Waals surface area contributed by atoms with Crippen LogP contribution >= 0.6 is 0 Å². The van der Waals surface area contributed by atoms with Gasteiger partial charge in [-0.1, -0.05) is 30.3 Å². The summed E-state index contributed by atoms with van der Waals surface area (Å²) in [6.07, 6.45) is 0. The summed E-state index contributed by atoms with van der Waals surface area (Å²) in [4.78, 5) is 13.9. The quantitative estimate of drug-likeness (QED) is 0.416. The molecule has 0 atom stereocenters. The van der Waals surface area contributed by atoms with Crippen molar-refractivity contribution in [2.45, 2.75) is 0 Å². The molecule has 0 saturated carbocycles. The molecule has 2 aromatic carbocycles. The molecule has 0 amide bonds. The number of para-hydroxylation sites is 3. The van der Waals surface area contributed by atoms with Crippen LogP contribution in [0.1, 0.15) is 0 Å². The maximum absolute atomic E-state index is 10.9. The number of anilines is 2. The van der Waals surface area contributed by atoms with Crippen molar-refractivity contribution in [3.05, 3.63) is 70.8 Å². The van der Waals surface area contributed by atoms with Crippen LogP contribution < -0.4 is 15.6 Å². The molecule has 0 aliphatic carbocycles. The number of hydrogen-bond donors (Lipinski definition) is 2. The molecule has 23 heavy (non-hydrogen) atoms. The number of benzene rings is 2. The van der Waals surface area contributed by atoms with Gasteiger partial charge in [0, 0.05) is 17.5 Å². The van der Waals surface area contributed by atoms with E-state index in [0.717, 1.165) is 16.7 Å². The monoisotopic (exact) mass is 309 g/mol. The third-order valence-corrected chi connectivity index (χ3v) is 3.52. The van der Waals surface area contributed by atoms with Crippen molar-refractivity contribution in [3.63, 3.8) is 0 Å². The number of nitrogens with one attached hydrogen (secondary N) is 3. The van der Waals surface area contributed by atoms with Crippen LogP contribution in [0.5, 0.6) is 0 Å². The van der Waals surface area contributed by atoms with Gasteiger partial charge in [0.2, 0.25) is 0 Å². The Bertz CT molecular complexity index is 835. The van der Waals surface area contributed by atoms with Gasteiger partial charge in [0.1, 0.15) is 17.7 Å². The topological polar surface area (TPSA) is 81.3 Å². The number of fused-ring (bicyclic) bond motifs is 1. The fourth-order valence-electron chi connectivity index (χ4n) is 2.40. The van der Waals surface area contributed by atoms with Gasteiger partial charge >= 0.3 is 0 Å². The molecule has 3 rings (SSSR count). The highest BCUT2D eigenvalue weighted by Crippen LogP contribution is 2.22. The summed E-state index contributed by atoms with van der Waals surface area (Å²) in [7, 11) is 0. The normalized spacial score (nSPS) is 10.4. The third kappa shape index (κ3) is 3.55. The summed E-state index contributed by atoms with van der Waals surface area (Å²) in [6, 6.07) is 18.7. The zero-order valence-corrected chi connectivity index (χ0v) is 12.5. The third-order valence-electron chi connectivity index (χ3n) is 3.52. The van der Waals surface area contributed by atoms with E-state index in [1.165, 1.54) is 6.07 Å². The summed E-state index contributed by atoms with van der Waals surface area (Å²) in [5, 5.41) is 18.4. The number of nitro groups is 1. The van der Waals surface area contributed by atoms with Gasteiger partial charge in [0.05, 0.1) is 11.5 Å². The molecular weight excluding hydrogens is 292 g/mol. The number of rotatable bonds is 6. The van der Waals surface area contributed by atoms with Gasteiger partial charge in [-0.2, -0.15) is 0 Å². The van der Waals surface area contributed by atoms with Crippen molar-refractivity contribution in [2.24, 2.45) is 0 Å². The molecule has 0 unspecified atom stereocenters. The largest absolute Gasteiger partial charge is 0.376 e. The number of H-pyrrole nitrogens is 1. The van der Waals surface area contributed by atoms with Crippen molar-refractivity contribution >= 4 is 28.1 Å². The minimum absolute atomic E-state index is 0.0877. The average Bonchev–Trinajstić information content (AvgIpc) is 2.59. The van der Waals surface area contributed by atoms with Crippen LogP contribution in [0.4, 0.5) is 17.2 Å². The van der Waals surface area contributed by atoms with Gasteiger partial charge in [-0.05, 0) is 18.2 Å². The molecule has 3 aromatic rings. The number of nitrogens with zero attached hydrogens (tertiary/aromatic N) is 1. The molecule has 3 N–H and O–H groups in total. The minimum Gasteiger partial charge on any atom is -0.376 e. The fourth-order valence-corrected chi connectivity index (χ4v) is 2.40. The number of aromatic amines is 1. The first-order valence-corrected chi connectivity index (χ1v) is 7.36. The zero-order chi connectivity index (χ0) is 16.1. The number of pyridine rings is 1. The lowest BCUT2D eigenvalue weighted by Gasteiger charge is -2.06. The van der Waals surface area contributed by atoms with Gasteiger partial charge in [0.15, 0.2) is 0 Å². The van der Waals surface area contributed by atoms with Gasteiger partial charge in [0.25, 0.3) is 11.5 Å². The molecule has 0 bridgehead atoms. The first-order valence-electron chi connectivity index (χ1n) is 7.36. The molecule has 1 heterocycles. The molecule has 0 radical (unpaired) electrons. The van der Waals surface area contributed by atoms with E-state index in [1.807, 2.05) is 36.4 Å². The van der Waals surface area contributed by atoms with Crippen LogP contribution in [-0.4, -0.2) is 18.0 Å². The maximum Gasteiger partial charge on any atom is 0.292 e. The summed E-state index contributed by atoms with van der Waals surface area (Å²) in [5.41, 5.74) is 1.68. The van der Waals surface area contributed by atoms with E-state index >= 15 is 0 Å². The van der Waals surface area contributed by atoms with E-state index in [9.17, 15) is 10.1 Å². The maximum atomic E-state index is 10.9. The Morgan fingerprint density at radius 3 is 2.52 bits per heavy atom.